The number of rotatable bonds is 2. The standard InChI is InChI=1S/C15H29NO/c1-13-8-7-11-15(13,17)14(12-16)9-5-3-2-4-6-10-14/h13,17H,2-12,16H2,1H3. The third-order valence-electron chi connectivity index (χ3n) is 5.63. The van der Waals surface area contributed by atoms with Gasteiger partial charge in [0, 0.05) is 12.0 Å². The maximum atomic E-state index is 11.2. The average molecular weight is 239 g/mol. The van der Waals surface area contributed by atoms with Gasteiger partial charge in [0.25, 0.3) is 0 Å². The largest absolute Gasteiger partial charge is 0.389 e. The van der Waals surface area contributed by atoms with Crippen molar-refractivity contribution >= 4 is 0 Å². The van der Waals surface area contributed by atoms with Gasteiger partial charge in [-0.15, -0.1) is 0 Å². The Labute approximate surface area is 106 Å². The minimum Gasteiger partial charge on any atom is -0.389 e. The lowest BCUT2D eigenvalue weighted by molar-refractivity contribution is -0.116. The molecule has 2 saturated carbocycles. The molecule has 100 valence electrons. The van der Waals surface area contributed by atoms with Gasteiger partial charge in [0.2, 0.25) is 0 Å². The Bertz CT molecular complexity index is 245. The van der Waals surface area contributed by atoms with E-state index < -0.39 is 5.60 Å². The highest BCUT2D eigenvalue weighted by molar-refractivity contribution is 5.05. The van der Waals surface area contributed by atoms with E-state index in [1.807, 2.05) is 0 Å². The molecule has 0 amide bonds. The first-order valence-corrected chi connectivity index (χ1v) is 7.57. The predicted molar refractivity (Wildman–Crippen MR) is 71.8 cm³/mol. The Morgan fingerprint density at radius 1 is 1.00 bits per heavy atom. The molecule has 0 aromatic carbocycles. The van der Waals surface area contributed by atoms with Crippen LogP contribution >= 0.6 is 0 Å². The molecule has 3 N–H and O–H groups in total. The fourth-order valence-corrected chi connectivity index (χ4v) is 4.35. The molecule has 0 aliphatic heterocycles. The highest BCUT2D eigenvalue weighted by Crippen LogP contribution is 2.52. The topological polar surface area (TPSA) is 46.2 Å². The minimum absolute atomic E-state index is 0.0172. The molecule has 0 radical (unpaired) electrons. The molecule has 0 aromatic rings. The van der Waals surface area contributed by atoms with Gasteiger partial charge in [-0.2, -0.15) is 0 Å². The van der Waals surface area contributed by atoms with Crippen LogP contribution in [0.3, 0.4) is 0 Å². The summed E-state index contributed by atoms with van der Waals surface area (Å²) in [7, 11) is 0. The highest BCUT2D eigenvalue weighted by Gasteiger charge is 2.53. The summed E-state index contributed by atoms with van der Waals surface area (Å²) in [6.45, 7) is 2.90. The summed E-state index contributed by atoms with van der Waals surface area (Å²) in [5.74, 6) is 0.436. The Balaban J connectivity index is 2.21. The second kappa shape index (κ2) is 5.27. The molecule has 2 nitrogen and oxygen atoms in total. The van der Waals surface area contributed by atoms with Gasteiger partial charge in [0.1, 0.15) is 0 Å². The van der Waals surface area contributed by atoms with Gasteiger partial charge in [-0.05, 0) is 31.6 Å². The van der Waals surface area contributed by atoms with Crippen molar-refractivity contribution in [2.24, 2.45) is 17.1 Å². The van der Waals surface area contributed by atoms with Crippen LogP contribution < -0.4 is 5.73 Å². The van der Waals surface area contributed by atoms with Crippen LogP contribution in [0.25, 0.3) is 0 Å². The van der Waals surface area contributed by atoms with E-state index in [2.05, 4.69) is 6.92 Å². The second-order valence-electron chi connectivity index (χ2n) is 6.47. The molecule has 0 spiro atoms. The molecule has 2 unspecified atom stereocenters. The van der Waals surface area contributed by atoms with Crippen molar-refractivity contribution in [1.29, 1.82) is 0 Å². The van der Waals surface area contributed by atoms with Gasteiger partial charge in [0.05, 0.1) is 5.60 Å². The van der Waals surface area contributed by atoms with E-state index in [-0.39, 0.29) is 5.41 Å². The van der Waals surface area contributed by atoms with E-state index in [0.717, 1.165) is 19.3 Å². The van der Waals surface area contributed by atoms with E-state index >= 15 is 0 Å². The third kappa shape index (κ3) is 2.26. The first-order valence-electron chi connectivity index (χ1n) is 7.57. The van der Waals surface area contributed by atoms with E-state index in [9.17, 15) is 5.11 Å². The van der Waals surface area contributed by atoms with Crippen LogP contribution in [-0.4, -0.2) is 17.3 Å². The van der Waals surface area contributed by atoms with E-state index in [0.29, 0.717) is 12.5 Å². The average Bonchev–Trinajstić information content (AvgIpc) is 2.61. The Kier molecular flexibility index (Phi) is 4.14. The summed E-state index contributed by atoms with van der Waals surface area (Å²) >= 11 is 0. The third-order valence-corrected chi connectivity index (χ3v) is 5.63. The maximum absolute atomic E-state index is 11.2. The second-order valence-corrected chi connectivity index (χ2v) is 6.47. The number of hydrogen-bond acceptors (Lipinski definition) is 2. The summed E-state index contributed by atoms with van der Waals surface area (Å²) < 4.78 is 0. The van der Waals surface area contributed by atoms with Gasteiger partial charge in [-0.3, -0.25) is 0 Å². The zero-order valence-electron chi connectivity index (χ0n) is 11.4. The van der Waals surface area contributed by atoms with Gasteiger partial charge < -0.3 is 10.8 Å². The lowest BCUT2D eigenvalue weighted by Gasteiger charge is -2.49. The molecule has 0 bridgehead atoms. The number of aliphatic hydroxyl groups is 1. The van der Waals surface area contributed by atoms with Gasteiger partial charge >= 0.3 is 0 Å². The molecule has 17 heavy (non-hydrogen) atoms. The first-order chi connectivity index (χ1) is 8.15. The molecule has 2 rings (SSSR count). The Morgan fingerprint density at radius 3 is 2.06 bits per heavy atom. The Hall–Kier alpha value is -0.0800. The van der Waals surface area contributed by atoms with Crippen LogP contribution in [0.2, 0.25) is 0 Å². The van der Waals surface area contributed by atoms with Crippen molar-refractivity contribution in [1.82, 2.24) is 0 Å². The molecule has 0 aromatic heterocycles. The molecule has 2 atom stereocenters. The van der Waals surface area contributed by atoms with Gasteiger partial charge in [-0.1, -0.05) is 45.4 Å². The molecule has 0 heterocycles. The van der Waals surface area contributed by atoms with Crippen molar-refractivity contribution in [3.63, 3.8) is 0 Å². The van der Waals surface area contributed by atoms with Crippen molar-refractivity contribution in [2.45, 2.75) is 76.7 Å². The summed E-state index contributed by atoms with van der Waals surface area (Å²) in [5.41, 5.74) is 5.67. The maximum Gasteiger partial charge on any atom is 0.0741 e. The monoisotopic (exact) mass is 239 g/mol. The van der Waals surface area contributed by atoms with Crippen LogP contribution in [0, 0.1) is 11.3 Å². The molecule has 2 heteroatoms. The summed E-state index contributed by atoms with van der Waals surface area (Å²) in [6, 6.07) is 0. The molecule has 0 saturated heterocycles. The van der Waals surface area contributed by atoms with Crippen LogP contribution in [-0.2, 0) is 0 Å². The Morgan fingerprint density at radius 2 is 1.59 bits per heavy atom. The van der Waals surface area contributed by atoms with Crippen LogP contribution in [0.4, 0.5) is 0 Å². The fourth-order valence-electron chi connectivity index (χ4n) is 4.35. The number of nitrogens with two attached hydrogens (primary N) is 1. The lowest BCUT2D eigenvalue weighted by atomic mass is 9.61. The quantitative estimate of drug-likeness (QED) is 0.777. The smallest absolute Gasteiger partial charge is 0.0741 e. The molecular weight excluding hydrogens is 210 g/mol. The molecule has 2 fully saturated rings. The SMILES string of the molecule is CC1CCCC1(O)C1(CN)CCCCCCC1. The van der Waals surface area contributed by atoms with Crippen LogP contribution in [0.15, 0.2) is 0 Å². The van der Waals surface area contributed by atoms with Crippen LogP contribution in [0.5, 0.6) is 0 Å². The number of hydrogen-bond donors (Lipinski definition) is 2. The normalized spacial score (nSPS) is 38.6. The first kappa shape index (κ1) is 13.4. The van der Waals surface area contributed by atoms with Crippen molar-refractivity contribution in [3.8, 4) is 0 Å². The van der Waals surface area contributed by atoms with Crippen molar-refractivity contribution in [2.75, 3.05) is 6.54 Å². The zero-order chi connectivity index (χ0) is 12.4. The molecule has 2 aliphatic carbocycles. The van der Waals surface area contributed by atoms with Crippen LogP contribution in [0.1, 0.15) is 71.1 Å². The van der Waals surface area contributed by atoms with E-state index in [1.165, 1.54) is 44.9 Å². The van der Waals surface area contributed by atoms with E-state index in [1.54, 1.807) is 0 Å². The summed E-state index contributed by atoms with van der Waals surface area (Å²) in [5, 5.41) is 11.2. The predicted octanol–water partition coefficient (Wildman–Crippen LogP) is 3.23. The zero-order valence-corrected chi connectivity index (χ0v) is 11.4. The summed E-state index contributed by atoms with van der Waals surface area (Å²) in [6.07, 6.45) is 12.2. The fraction of sp³-hybridized carbons (Fsp3) is 1.00. The summed E-state index contributed by atoms with van der Waals surface area (Å²) in [4.78, 5) is 0. The van der Waals surface area contributed by atoms with Crippen molar-refractivity contribution in [3.05, 3.63) is 0 Å². The molecule has 2 aliphatic rings. The van der Waals surface area contributed by atoms with E-state index in [4.69, 9.17) is 5.73 Å². The van der Waals surface area contributed by atoms with Gasteiger partial charge in [0.15, 0.2) is 0 Å². The minimum atomic E-state index is -0.473. The highest BCUT2D eigenvalue weighted by atomic mass is 16.3. The van der Waals surface area contributed by atoms with Gasteiger partial charge in [-0.25, -0.2) is 0 Å². The lowest BCUT2D eigenvalue weighted by Crippen LogP contribution is -2.54. The van der Waals surface area contributed by atoms with Crippen molar-refractivity contribution < 1.29 is 5.11 Å². The molecular formula is C15H29NO.